The highest BCUT2D eigenvalue weighted by molar-refractivity contribution is 5.88. The van der Waals surface area contributed by atoms with Gasteiger partial charge in [0.25, 0.3) is 0 Å². The van der Waals surface area contributed by atoms with Gasteiger partial charge in [-0.25, -0.2) is 4.79 Å². The third-order valence-electron chi connectivity index (χ3n) is 1.94. The summed E-state index contributed by atoms with van der Waals surface area (Å²) in [5, 5.41) is 8.81. The summed E-state index contributed by atoms with van der Waals surface area (Å²) >= 11 is 0. The highest BCUT2D eigenvalue weighted by atomic mass is 16.6. The number of hydrogen-bond donors (Lipinski definition) is 1. The molecule has 0 aliphatic rings. The van der Waals surface area contributed by atoms with Crippen LogP contribution in [0.15, 0.2) is 24.3 Å². The number of carboxylic acids is 1. The molecule has 1 aromatic carbocycles. The zero-order valence-electron chi connectivity index (χ0n) is 10.2. The summed E-state index contributed by atoms with van der Waals surface area (Å²) in [5.41, 5.74) is 0.284. The summed E-state index contributed by atoms with van der Waals surface area (Å²) in [5.74, 6) is -1.36. The minimum absolute atomic E-state index is 0.0817. The molecular formula is C13H16O4. The van der Waals surface area contributed by atoms with Crippen LogP contribution in [0.5, 0.6) is 0 Å². The molecule has 0 aromatic heterocycles. The summed E-state index contributed by atoms with van der Waals surface area (Å²) < 4.78 is 5.16. The van der Waals surface area contributed by atoms with Crippen LogP contribution in [0.3, 0.4) is 0 Å². The maximum absolute atomic E-state index is 11.5. The third kappa shape index (κ3) is 4.68. The van der Waals surface area contributed by atoms with Crippen LogP contribution >= 0.6 is 0 Å². The number of aromatic carboxylic acids is 1. The standard InChI is InChI=1S/C13H16O4/c1-13(2,3)17-11(14)8-9-5-4-6-10(7-9)12(15)16/h4-7H,8H2,1-3H3,(H,15,16). The Hall–Kier alpha value is -1.84. The van der Waals surface area contributed by atoms with Gasteiger partial charge in [-0.1, -0.05) is 12.1 Å². The molecule has 0 unspecified atom stereocenters. The molecule has 92 valence electrons. The van der Waals surface area contributed by atoms with Gasteiger partial charge < -0.3 is 9.84 Å². The molecule has 0 atom stereocenters. The lowest BCUT2D eigenvalue weighted by molar-refractivity contribution is -0.153. The second-order valence-corrected chi connectivity index (χ2v) is 4.77. The lowest BCUT2D eigenvalue weighted by Crippen LogP contribution is -2.24. The fraction of sp³-hybridized carbons (Fsp3) is 0.385. The molecule has 17 heavy (non-hydrogen) atoms. The number of hydrogen-bond acceptors (Lipinski definition) is 3. The predicted molar refractivity (Wildman–Crippen MR) is 63.0 cm³/mol. The molecule has 1 rings (SSSR count). The summed E-state index contributed by atoms with van der Waals surface area (Å²) in [6.07, 6.45) is 0.0817. The van der Waals surface area contributed by atoms with Gasteiger partial charge in [-0.15, -0.1) is 0 Å². The Morgan fingerprint density at radius 1 is 1.29 bits per heavy atom. The van der Waals surface area contributed by atoms with Crippen molar-refractivity contribution in [3.05, 3.63) is 35.4 Å². The fourth-order valence-corrected chi connectivity index (χ4v) is 1.36. The van der Waals surface area contributed by atoms with Crippen LogP contribution in [-0.4, -0.2) is 22.6 Å². The van der Waals surface area contributed by atoms with Gasteiger partial charge in [-0.3, -0.25) is 4.79 Å². The van der Waals surface area contributed by atoms with Crippen molar-refractivity contribution in [1.29, 1.82) is 0 Å². The minimum atomic E-state index is -1.00. The largest absolute Gasteiger partial charge is 0.478 e. The monoisotopic (exact) mass is 236 g/mol. The quantitative estimate of drug-likeness (QED) is 0.818. The second-order valence-electron chi connectivity index (χ2n) is 4.77. The number of carboxylic acid groups (broad SMARTS) is 1. The maximum Gasteiger partial charge on any atom is 0.335 e. The predicted octanol–water partition coefficient (Wildman–Crippen LogP) is 2.27. The Bertz CT molecular complexity index is 429. The van der Waals surface area contributed by atoms with Crippen molar-refractivity contribution in [3.8, 4) is 0 Å². The highest BCUT2D eigenvalue weighted by Crippen LogP contribution is 2.11. The number of benzene rings is 1. The van der Waals surface area contributed by atoms with E-state index in [2.05, 4.69) is 0 Å². The van der Waals surface area contributed by atoms with Crippen LogP contribution in [0.1, 0.15) is 36.7 Å². The highest BCUT2D eigenvalue weighted by Gasteiger charge is 2.16. The Morgan fingerprint density at radius 2 is 1.94 bits per heavy atom. The molecule has 0 amide bonds. The first-order valence-corrected chi connectivity index (χ1v) is 5.32. The summed E-state index contributed by atoms with van der Waals surface area (Å²) in [7, 11) is 0. The average Bonchev–Trinajstić information content (AvgIpc) is 2.14. The molecular weight excluding hydrogens is 220 g/mol. The van der Waals surface area contributed by atoms with Crippen LogP contribution in [0.25, 0.3) is 0 Å². The molecule has 0 bridgehead atoms. The van der Waals surface area contributed by atoms with E-state index >= 15 is 0 Å². The molecule has 1 N–H and O–H groups in total. The van der Waals surface area contributed by atoms with Crippen molar-refractivity contribution in [2.45, 2.75) is 32.8 Å². The van der Waals surface area contributed by atoms with Crippen LogP contribution in [0.4, 0.5) is 0 Å². The number of ether oxygens (including phenoxy) is 1. The average molecular weight is 236 g/mol. The third-order valence-corrected chi connectivity index (χ3v) is 1.94. The van der Waals surface area contributed by atoms with Gasteiger partial charge in [0.15, 0.2) is 0 Å². The Balaban J connectivity index is 2.72. The lowest BCUT2D eigenvalue weighted by atomic mass is 10.1. The summed E-state index contributed by atoms with van der Waals surface area (Å²) in [6, 6.07) is 6.28. The number of carbonyl (C=O) groups is 2. The van der Waals surface area contributed by atoms with Crippen molar-refractivity contribution in [2.75, 3.05) is 0 Å². The summed E-state index contributed by atoms with van der Waals surface area (Å²) in [4.78, 5) is 22.3. The second kappa shape index (κ2) is 4.99. The van der Waals surface area contributed by atoms with E-state index in [1.807, 2.05) is 0 Å². The van der Waals surface area contributed by atoms with E-state index in [9.17, 15) is 9.59 Å². The molecule has 0 aliphatic heterocycles. The minimum Gasteiger partial charge on any atom is -0.478 e. The Morgan fingerprint density at radius 3 is 2.47 bits per heavy atom. The van der Waals surface area contributed by atoms with Crippen LogP contribution in [0, 0.1) is 0 Å². The van der Waals surface area contributed by atoms with Crippen molar-refractivity contribution in [3.63, 3.8) is 0 Å². The number of esters is 1. The van der Waals surface area contributed by atoms with E-state index in [0.29, 0.717) is 5.56 Å². The van der Waals surface area contributed by atoms with Gasteiger partial charge >= 0.3 is 11.9 Å². The van der Waals surface area contributed by atoms with E-state index in [4.69, 9.17) is 9.84 Å². The van der Waals surface area contributed by atoms with E-state index in [1.165, 1.54) is 12.1 Å². The lowest BCUT2D eigenvalue weighted by Gasteiger charge is -2.19. The van der Waals surface area contributed by atoms with Crippen molar-refractivity contribution in [2.24, 2.45) is 0 Å². The molecule has 0 fully saturated rings. The van der Waals surface area contributed by atoms with Crippen LogP contribution in [-0.2, 0) is 16.0 Å². The van der Waals surface area contributed by atoms with Gasteiger partial charge in [0, 0.05) is 0 Å². The number of rotatable bonds is 3. The first-order valence-electron chi connectivity index (χ1n) is 5.32. The van der Waals surface area contributed by atoms with Crippen molar-refractivity contribution >= 4 is 11.9 Å². The smallest absolute Gasteiger partial charge is 0.335 e. The van der Waals surface area contributed by atoms with Gasteiger partial charge in [0.1, 0.15) is 5.60 Å². The zero-order valence-corrected chi connectivity index (χ0v) is 10.2. The topological polar surface area (TPSA) is 63.6 Å². The van der Waals surface area contributed by atoms with Crippen LogP contribution in [0.2, 0.25) is 0 Å². The molecule has 0 radical (unpaired) electrons. The molecule has 0 aliphatic carbocycles. The SMILES string of the molecule is CC(C)(C)OC(=O)Cc1cccc(C(=O)O)c1. The van der Waals surface area contributed by atoms with Gasteiger partial charge in [0.05, 0.1) is 12.0 Å². The van der Waals surface area contributed by atoms with Gasteiger partial charge in [0.2, 0.25) is 0 Å². The molecule has 0 heterocycles. The zero-order chi connectivity index (χ0) is 13.1. The Labute approximate surface area is 100 Å². The van der Waals surface area contributed by atoms with E-state index in [-0.39, 0.29) is 18.0 Å². The van der Waals surface area contributed by atoms with Crippen molar-refractivity contribution in [1.82, 2.24) is 0 Å². The van der Waals surface area contributed by atoms with Gasteiger partial charge in [-0.05, 0) is 38.5 Å². The normalized spacial score (nSPS) is 11.0. The van der Waals surface area contributed by atoms with Crippen LogP contribution < -0.4 is 0 Å². The van der Waals surface area contributed by atoms with E-state index < -0.39 is 11.6 Å². The summed E-state index contributed by atoms with van der Waals surface area (Å²) in [6.45, 7) is 5.37. The van der Waals surface area contributed by atoms with E-state index in [0.717, 1.165) is 0 Å². The van der Waals surface area contributed by atoms with Crippen molar-refractivity contribution < 1.29 is 19.4 Å². The number of carbonyl (C=O) groups excluding carboxylic acids is 1. The fourth-order valence-electron chi connectivity index (χ4n) is 1.36. The molecule has 1 aromatic rings. The maximum atomic E-state index is 11.5. The van der Waals surface area contributed by atoms with Gasteiger partial charge in [-0.2, -0.15) is 0 Å². The Kier molecular flexibility index (Phi) is 3.89. The molecule has 4 heteroatoms. The molecule has 0 spiro atoms. The molecule has 0 saturated carbocycles. The molecule has 4 nitrogen and oxygen atoms in total. The van der Waals surface area contributed by atoms with E-state index in [1.54, 1.807) is 32.9 Å². The molecule has 0 saturated heterocycles. The first-order chi connectivity index (χ1) is 7.78. The first kappa shape index (κ1) is 13.2.